The smallest absolute Gasteiger partial charge is 0.261 e. The minimum absolute atomic E-state index is 0.0840. The van der Waals surface area contributed by atoms with Crippen molar-refractivity contribution in [3.63, 3.8) is 0 Å². The number of ether oxygens (including phenoxy) is 2. The Hall–Kier alpha value is -2.58. The van der Waals surface area contributed by atoms with E-state index in [0.29, 0.717) is 36.3 Å². The number of carbonyl (C=O) groups excluding carboxylic acids is 1. The van der Waals surface area contributed by atoms with Crippen molar-refractivity contribution in [3.8, 4) is 5.75 Å². The Labute approximate surface area is 184 Å². The molecule has 1 aliphatic carbocycles. The lowest BCUT2D eigenvalue weighted by molar-refractivity contribution is 0.0273. The molecule has 31 heavy (non-hydrogen) atoms. The largest absolute Gasteiger partial charge is 0.497 e. The molecule has 1 aliphatic rings. The predicted octanol–water partition coefficient (Wildman–Crippen LogP) is 3.97. The quantitative estimate of drug-likeness (QED) is 0.539. The van der Waals surface area contributed by atoms with Gasteiger partial charge in [0.1, 0.15) is 5.75 Å². The number of methoxy groups -OCH3 is 1. The van der Waals surface area contributed by atoms with Gasteiger partial charge >= 0.3 is 0 Å². The maximum Gasteiger partial charge on any atom is 0.261 e. The van der Waals surface area contributed by atoms with E-state index in [1.807, 2.05) is 0 Å². The molecule has 1 fully saturated rings. The lowest BCUT2D eigenvalue weighted by Crippen LogP contribution is -2.26. The summed E-state index contributed by atoms with van der Waals surface area (Å²) in [5.41, 5.74) is 0.842. The summed E-state index contributed by atoms with van der Waals surface area (Å²) in [6, 6.07) is 12.5. The molecule has 8 heteroatoms. The summed E-state index contributed by atoms with van der Waals surface area (Å²) < 4.78 is 38.5. The molecule has 0 spiro atoms. The number of nitrogens with one attached hydrogen (secondary N) is 2. The van der Waals surface area contributed by atoms with Crippen molar-refractivity contribution >= 4 is 21.6 Å². The van der Waals surface area contributed by atoms with Crippen molar-refractivity contribution in [2.45, 2.75) is 49.5 Å². The summed E-state index contributed by atoms with van der Waals surface area (Å²) in [6.45, 7) is 1.16. The minimum Gasteiger partial charge on any atom is -0.497 e. The second-order valence-corrected chi connectivity index (χ2v) is 9.28. The minimum atomic E-state index is -3.75. The van der Waals surface area contributed by atoms with Gasteiger partial charge in [-0.3, -0.25) is 9.52 Å². The highest BCUT2D eigenvalue weighted by Gasteiger charge is 2.16. The first kappa shape index (κ1) is 23.1. The van der Waals surface area contributed by atoms with Crippen molar-refractivity contribution in [3.05, 3.63) is 54.1 Å². The van der Waals surface area contributed by atoms with Gasteiger partial charge in [0.15, 0.2) is 0 Å². The summed E-state index contributed by atoms with van der Waals surface area (Å²) >= 11 is 0. The number of carbonyl (C=O) groups is 1. The highest BCUT2D eigenvalue weighted by atomic mass is 32.2. The summed E-state index contributed by atoms with van der Waals surface area (Å²) in [5.74, 6) is 0.406. The van der Waals surface area contributed by atoms with Crippen LogP contribution in [0.1, 0.15) is 48.9 Å². The number of amides is 1. The van der Waals surface area contributed by atoms with Gasteiger partial charge in [-0.2, -0.15) is 0 Å². The van der Waals surface area contributed by atoms with Gasteiger partial charge in [0.05, 0.1) is 18.1 Å². The Kier molecular flexibility index (Phi) is 8.31. The molecule has 0 aliphatic heterocycles. The number of hydrogen-bond donors (Lipinski definition) is 2. The fourth-order valence-corrected chi connectivity index (χ4v) is 4.58. The summed E-state index contributed by atoms with van der Waals surface area (Å²) in [4.78, 5) is 12.4. The lowest BCUT2D eigenvalue weighted by Gasteiger charge is -2.21. The molecule has 0 aromatic heterocycles. The number of sulfonamides is 1. The maximum atomic E-state index is 12.6. The number of hydrogen-bond acceptors (Lipinski definition) is 5. The third-order valence-electron chi connectivity index (χ3n) is 5.28. The van der Waals surface area contributed by atoms with E-state index in [2.05, 4.69) is 10.0 Å². The number of benzene rings is 2. The topological polar surface area (TPSA) is 93.7 Å². The van der Waals surface area contributed by atoms with Crippen LogP contribution in [0.15, 0.2) is 53.4 Å². The third kappa shape index (κ3) is 6.97. The fourth-order valence-electron chi connectivity index (χ4n) is 3.52. The molecule has 0 atom stereocenters. The van der Waals surface area contributed by atoms with Crippen molar-refractivity contribution < 1.29 is 22.7 Å². The normalized spacial score (nSPS) is 14.7. The van der Waals surface area contributed by atoms with Crippen LogP contribution >= 0.6 is 0 Å². The first-order valence-corrected chi connectivity index (χ1v) is 12.1. The Morgan fingerprint density at radius 1 is 1.00 bits per heavy atom. The monoisotopic (exact) mass is 446 g/mol. The molecule has 0 unspecified atom stereocenters. The van der Waals surface area contributed by atoms with E-state index in [1.165, 1.54) is 43.5 Å². The molecule has 168 valence electrons. The average Bonchev–Trinajstić information content (AvgIpc) is 2.80. The van der Waals surface area contributed by atoms with Crippen molar-refractivity contribution in [1.29, 1.82) is 0 Å². The fraction of sp³-hybridized carbons (Fsp3) is 0.435. The molecule has 1 amide bonds. The summed E-state index contributed by atoms with van der Waals surface area (Å²) in [5, 5.41) is 2.85. The molecule has 3 rings (SSSR count). The van der Waals surface area contributed by atoms with Gasteiger partial charge < -0.3 is 14.8 Å². The van der Waals surface area contributed by atoms with Gasteiger partial charge in [0.25, 0.3) is 15.9 Å². The van der Waals surface area contributed by atoms with Gasteiger partial charge in [-0.25, -0.2) is 8.42 Å². The van der Waals surface area contributed by atoms with Crippen LogP contribution in [0.2, 0.25) is 0 Å². The second kappa shape index (κ2) is 11.2. The van der Waals surface area contributed by atoms with Gasteiger partial charge in [0.2, 0.25) is 0 Å². The van der Waals surface area contributed by atoms with Gasteiger partial charge in [-0.1, -0.05) is 19.3 Å². The van der Waals surface area contributed by atoms with Crippen LogP contribution < -0.4 is 14.8 Å². The molecule has 0 saturated heterocycles. The van der Waals surface area contributed by atoms with Crippen LogP contribution in [0.25, 0.3) is 0 Å². The van der Waals surface area contributed by atoms with Crippen LogP contribution in [0, 0.1) is 0 Å². The van der Waals surface area contributed by atoms with Gasteiger partial charge in [0, 0.05) is 24.4 Å². The second-order valence-electron chi connectivity index (χ2n) is 7.60. The SMILES string of the molecule is COc1ccc(NS(=O)(=O)c2ccc(C(=O)NCCCOC3CCCCC3)cc2)cc1. The first-order chi connectivity index (χ1) is 15.0. The Morgan fingerprint density at radius 2 is 1.68 bits per heavy atom. The molecule has 2 aromatic carbocycles. The molecule has 0 bridgehead atoms. The predicted molar refractivity (Wildman–Crippen MR) is 120 cm³/mol. The number of rotatable bonds is 10. The van der Waals surface area contributed by atoms with Crippen LogP contribution in [-0.2, 0) is 14.8 Å². The van der Waals surface area contributed by atoms with E-state index in [1.54, 1.807) is 31.4 Å². The molecular weight excluding hydrogens is 416 g/mol. The van der Waals surface area contributed by atoms with Crippen molar-refractivity contribution in [1.82, 2.24) is 5.32 Å². The van der Waals surface area contributed by atoms with Crippen LogP contribution in [0.5, 0.6) is 5.75 Å². The lowest BCUT2D eigenvalue weighted by atomic mass is 9.98. The standard InChI is InChI=1S/C23H30N2O5S/c1-29-20-12-10-19(11-13-20)25-31(27,28)22-14-8-18(9-15-22)23(26)24-16-5-17-30-21-6-3-2-4-7-21/h8-15,21,25H,2-7,16-17H2,1H3,(H,24,26). The van der Waals surface area contributed by atoms with E-state index in [-0.39, 0.29) is 10.8 Å². The molecule has 2 N–H and O–H groups in total. The molecular formula is C23H30N2O5S. The van der Waals surface area contributed by atoms with Crippen LogP contribution in [0.3, 0.4) is 0 Å². The maximum absolute atomic E-state index is 12.6. The average molecular weight is 447 g/mol. The first-order valence-electron chi connectivity index (χ1n) is 10.6. The Balaban J connectivity index is 1.46. The van der Waals surface area contributed by atoms with E-state index in [4.69, 9.17) is 9.47 Å². The van der Waals surface area contributed by atoms with E-state index >= 15 is 0 Å². The van der Waals surface area contributed by atoms with E-state index in [0.717, 1.165) is 19.3 Å². The van der Waals surface area contributed by atoms with Crippen LogP contribution in [0.4, 0.5) is 5.69 Å². The molecule has 0 heterocycles. The summed E-state index contributed by atoms with van der Waals surface area (Å²) in [6.07, 6.45) is 7.16. The highest BCUT2D eigenvalue weighted by molar-refractivity contribution is 7.92. The molecule has 2 aromatic rings. The highest BCUT2D eigenvalue weighted by Crippen LogP contribution is 2.21. The van der Waals surface area contributed by atoms with Gasteiger partial charge in [-0.15, -0.1) is 0 Å². The summed E-state index contributed by atoms with van der Waals surface area (Å²) in [7, 11) is -2.21. The van der Waals surface area contributed by atoms with Crippen molar-refractivity contribution in [2.24, 2.45) is 0 Å². The van der Waals surface area contributed by atoms with E-state index < -0.39 is 10.0 Å². The Morgan fingerprint density at radius 3 is 2.32 bits per heavy atom. The Bertz CT molecular complexity index is 937. The zero-order chi connectivity index (χ0) is 22.1. The van der Waals surface area contributed by atoms with Crippen molar-refractivity contribution in [2.75, 3.05) is 25.0 Å². The van der Waals surface area contributed by atoms with Crippen LogP contribution in [-0.4, -0.2) is 40.7 Å². The zero-order valence-corrected chi connectivity index (χ0v) is 18.6. The van der Waals surface area contributed by atoms with E-state index in [9.17, 15) is 13.2 Å². The molecule has 7 nitrogen and oxygen atoms in total. The molecule has 1 saturated carbocycles. The third-order valence-corrected chi connectivity index (χ3v) is 6.68. The zero-order valence-electron chi connectivity index (χ0n) is 17.8. The van der Waals surface area contributed by atoms with Gasteiger partial charge in [-0.05, 0) is 67.8 Å². The molecule has 0 radical (unpaired) electrons. The number of anilines is 1.